The molecule has 128 valence electrons. The summed E-state index contributed by atoms with van der Waals surface area (Å²) in [4.78, 5) is 15.4. The van der Waals surface area contributed by atoms with E-state index in [9.17, 15) is 9.18 Å². The molecule has 1 aromatic carbocycles. The largest absolute Gasteiger partial charge is 0.355 e. The first-order valence-corrected chi connectivity index (χ1v) is 9.13. The molecular weight excluding hydrogens is 363 g/mol. The molecule has 2 heterocycles. The van der Waals surface area contributed by atoms with Crippen LogP contribution in [-0.2, 0) is 6.54 Å². The summed E-state index contributed by atoms with van der Waals surface area (Å²) in [5, 5.41) is 6.15. The van der Waals surface area contributed by atoms with E-state index < -0.39 is 5.82 Å². The molecule has 7 heteroatoms. The van der Waals surface area contributed by atoms with E-state index in [-0.39, 0.29) is 24.2 Å². The monoisotopic (exact) mass is 376 g/mol. The molecule has 0 aliphatic heterocycles. The van der Waals surface area contributed by atoms with Crippen molar-refractivity contribution in [2.24, 2.45) is 0 Å². The van der Waals surface area contributed by atoms with E-state index in [1.54, 1.807) is 23.1 Å². The highest BCUT2D eigenvalue weighted by Gasteiger charge is 2.35. The Bertz CT molecular complexity index is 885. The van der Waals surface area contributed by atoms with Crippen LogP contribution in [0.2, 0.25) is 5.02 Å². The third-order valence-corrected chi connectivity index (χ3v) is 5.37. The maximum absolute atomic E-state index is 14.1. The molecule has 0 atom stereocenters. The van der Waals surface area contributed by atoms with Crippen molar-refractivity contribution in [2.45, 2.75) is 25.4 Å². The number of rotatable bonds is 5. The van der Waals surface area contributed by atoms with Gasteiger partial charge in [-0.05, 0) is 36.4 Å². The summed E-state index contributed by atoms with van der Waals surface area (Å²) in [5.41, 5.74) is 0.550. The van der Waals surface area contributed by atoms with Gasteiger partial charge in [0.1, 0.15) is 5.82 Å². The molecule has 0 radical (unpaired) electrons. The number of benzene rings is 1. The Morgan fingerprint density at radius 2 is 2.20 bits per heavy atom. The molecule has 1 saturated carbocycles. The van der Waals surface area contributed by atoms with Gasteiger partial charge < -0.3 is 9.42 Å². The third kappa shape index (κ3) is 3.32. The van der Waals surface area contributed by atoms with E-state index in [2.05, 4.69) is 5.16 Å². The van der Waals surface area contributed by atoms with Crippen LogP contribution < -0.4 is 0 Å². The van der Waals surface area contributed by atoms with Gasteiger partial charge in [-0.3, -0.25) is 4.79 Å². The maximum atomic E-state index is 14.1. The lowest BCUT2D eigenvalue weighted by molar-refractivity contribution is 0.0718. The van der Waals surface area contributed by atoms with E-state index in [1.165, 1.54) is 17.4 Å². The fraction of sp³-hybridized carbons (Fsp3) is 0.222. The molecule has 1 aliphatic rings. The molecule has 4 rings (SSSR count). The van der Waals surface area contributed by atoms with Crippen molar-refractivity contribution in [1.82, 2.24) is 10.1 Å². The molecule has 0 saturated heterocycles. The Morgan fingerprint density at radius 3 is 2.88 bits per heavy atom. The van der Waals surface area contributed by atoms with Gasteiger partial charge in [0.05, 0.1) is 11.4 Å². The molecule has 0 bridgehead atoms. The van der Waals surface area contributed by atoms with Crippen LogP contribution in [0.15, 0.2) is 46.3 Å². The Labute approximate surface area is 152 Å². The van der Waals surface area contributed by atoms with Crippen molar-refractivity contribution in [3.05, 3.63) is 63.9 Å². The topological polar surface area (TPSA) is 46.3 Å². The SMILES string of the molecule is O=C(c1cc(-c2cccs2)on1)N(Cc1c(F)cccc1Cl)C1CC1. The Hall–Kier alpha value is -2.18. The second-order valence-electron chi connectivity index (χ2n) is 5.92. The molecule has 2 aromatic heterocycles. The van der Waals surface area contributed by atoms with Gasteiger partial charge in [-0.1, -0.05) is 28.9 Å². The summed E-state index contributed by atoms with van der Waals surface area (Å²) in [6.07, 6.45) is 1.79. The van der Waals surface area contributed by atoms with Gasteiger partial charge >= 0.3 is 0 Å². The molecule has 25 heavy (non-hydrogen) atoms. The van der Waals surface area contributed by atoms with Crippen LogP contribution in [0.4, 0.5) is 4.39 Å². The lowest BCUT2D eigenvalue weighted by atomic mass is 10.2. The van der Waals surface area contributed by atoms with Crippen LogP contribution >= 0.6 is 22.9 Å². The fourth-order valence-corrected chi connectivity index (χ4v) is 3.56. The number of aromatic nitrogens is 1. The second kappa shape index (κ2) is 6.61. The van der Waals surface area contributed by atoms with Crippen molar-refractivity contribution in [2.75, 3.05) is 0 Å². The summed E-state index contributed by atoms with van der Waals surface area (Å²) in [6.45, 7) is 0.121. The highest BCUT2D eigenvalue weighted by molar-refractivity contribution is 7.13. The van der Waals surface area contributed by atoms with Crippen molar-refractivity contribution in [1.29, 1.82) is 0 Å². The molecule has 1 fully saturated rings. The van der Waals surface area contributed by atoms with Crippen LogP contribution in [0.5, 0.6) is 0 Å². The molecule has 3 aromatic rings. The first-order valence-electron chi connectivity index (χ1n) is 7.88. The van der Waals surface area contributed by atoms with Crippen molar-refractivity contribution >= 4 is 28.8 Å². The van der Waals surface area contributed by atoms with Gasteiger partial charge in [-0.25, -0.2) is 4.39 Å². The van der Waals surface area contributed by atoms with Crippen LogP contribution in [0, 0.1) is 5.82 Å². The van der Waals surface area contributed by atoms with Crippen LogP contribution in [0.1, 0.15) is 28.9 Å². The zero-order chi connectivity index (χ0) is 17.4. The Morgan fingerprint density at radius 1 is 1.36 bits per heavy atom. The molecule has 0 spiro atoms. The lowest BCUT2D eigenvalue weighted by Crippen LogP contribution is -2.33. The molecular formula is C18H14ClFN2O2S. The van der Waals surface area contributed by atoms with Gasteiger partial charge in [0.15, 0.2) is 11.5 Å². The summed E-state index contributed by atoms with van der Waals surface area (Å²) in [6, 6.07) is 10.0. The van der Waals surface area contributed by atoms with Crippen LogP contribution in [0.25, 0.3) is 10.6 Å². The third-order valence-electron chi connectivity index (χ3n) is 4.13. The van der Waals surface area contributed by atoms with E-state index in [4.69, 9.17) is 16.1 Å². The number of halogens is 2. The van der Waals surface area contributed by atoms with Gasteiger partial charge in [0.25, 0.3) is 5.91 Å². The van der Waals surface area contributed by atoms with Crippen LogP contribution in [-0.4, -0.2) is 22.0 Å². The minimum atomic E-state index is -0.412. The summed E-state index contributed by atoms with van der Waals surface area (Å²) < 4.78 is 19.4. The number of hydrogen-bond donors (Lipinski definition) is 0. The van der Waals surface area contributed by atoms with E-state index >= 15 is 0 Å². The minimum Gasteiger partial charge on any atom is -0.355 e. The fourth-order valence-electron chi connectivity index (χ4n) is 2.66. The summed E-state index contributed by atoms with van der Waals surface area (Å²) in [5.74, 6) is -0.128. The van der Waals surface area contributed by atoms with Gasteiger partial charge in [0.2, 0.25) is 0 Å². The van der Waals surface area contributed by atoms with Crippen molar-refractivity contribution in [3.63, 3.8) is 0 Å². The lowest BCUT2D eigenvalue weighted by Gasteiger charge is -2.22. The average Bonchev–Trinajstić information content (AvgIpc) is 3.10. The average molecular weight is 377 g/mol. The van der Waals surface area contributed by atoms with E-state index in [0.29, 0.717) is 16.3 Å². The number of carbonyl (C=O) groups excluding carboxylic acids is 1. The van der Waals surface area contributed by atoms with Gasteiger partial charge in [0, 0.05) is 22.7 Å². The molecule has 0 unspecified atom stereocenters. The zero-order valence-corrected chi connectivity index (χ0v) is 14.7. The van der Waals surface area contributed by atoms with Crippen LogP contribution in [0.3, 0.4) is 0 Å². The number of carbonyl (C=O) groups is 1. The minimum absolute atomic E-state index is 0.0880. The van der Waals surface area contributed by atoms with E-state index in [0.717, 1.165) is 17.7 Å². The first kappa shape index (κ1) is 16.3. The highest BCUT2D eigenvalue weighted by atomic mass is 35.5. The van der Waals surface area contributed by atoms with Crippen molar-refractivity contribution in [3.8, 4) is 10.6 Å². The number of amides is 1. The smallest absolute Gasteiger partial charge is 0.276 e. The number of thiophene rings is 1. The Balaban J connectivity index is 1.60. The zero-order valence-electron chi connectivity index (χ0n) is 13.1. The molecule has 1 amide bonds. The van der Waals surface area contributed by atoms with Gasteiger partial charge in [-0.15, -0.1) is 11.3 Å². The summed E-state index contributed by atoms with van der Waals surface area (Å²) >= 11 is 7.62. The first-order chi connectivity index (χ1) is 12.1. The predicted octanol–water partition coefficient (Wildman–Crippen LogP) is 5.00. The normalized spacial score (nSPS) is 13.8. The molecule has 1 aliphatic carbocycles. The van der Waals surface area contributed by atoms with E-state index in [1.807, 2.05) is 17.5 Å². The Kier molecular flexibility index (Phi) is 4.31. The van der Waals surface area contributed by atoms with Gasteiger partial charge in [-0.2, -0.15) is 0 Å². The molecule has 0 N–H and O–H groups in total. The summed E-state index contributed by atoms with van der Waals surface area (Å²) in [7, 11) is 0. The standard InChI is InChI=1S/C18H14ClFN2O2S/c19-13-3-1-4-14(20)12(13)10-22(11-6-7-11)18(23)15-9-16(24-21-15)17-5-2-8-25-17/h1-5,8-9,11H,6-7,10H2. The number of nitrogens with zero attached hydrogens (tertiary/aromatic N) is 2. The number of hydrogen-bond acceptors (Lipinski definition) is 4. The molecule has 4 nitrogen and oxygen atoms in total. The second-order valence-corrected chi connectivity index (χ2v) is 7.27. The van der Waals surface area contributed by atoms with Crippen molar-refractivity contribution < 1.29 is 13.7 Å². The highest BCUT2D eigenvalue weighted by Crippen LogP contribution is 2.33. The predicted molar refractivity (Wildman–Crippen MR) is 94.1 cm³/mol. The quantitative estimate of drug-likeness (QED) is 0.629. The maximum Gasteiger partial charge on any atom is 0.276 e.